The Morgan fingerprint density at radius 3 is 2.70 bits per heavy atom. The van der Waals surface area contributed by atoms with E-state index in [1.54, 1.807) is 19.1 Å². The first-order valence-corrected chi connectivity index (χ1v) is 11.1. The second-order valence-corrected chi connectivity index (χ2v) is 9.92. The van der Waals surface area contributed by atoms with Gasteiger partial charge >= 0.3 is 5.97 Å². The normalized spacial score (nSPS) is 41.9. The van der Waals surface area contributed by atoms with E-state index in [1.807, 2.05) is 13.0 Å². The summed E-state index contributed by atoms with van der Waals surface area (Å²) in [7, 11) is 0. The molecule has 162 valence electrons. The fraction of sp³-hybridized carbons (Fsp3) is 0.640. The lowest BCUT2D eigenvalue weighted by Crippen LogP contribution is -2.59. The molecule has 0 radical (unpaired) electrons. The lowest BCUT2D eigenvalue weighted by atomic mass is 9.51. The minimum atomic E-state index is -1.29. The van der Waals surface area contributed by atoms with Crippen LogP contribution in [0.25, 0.3) is 0 Å². The summed E-state index contributed by atoms with van der Waals surface area (Å²) < 4.78 is 5.96. The van der Waals surface area contributed by atoms with Crippen LogP contribution in [0.4, 0.5) is 0 Å². The summed E-state index contributed by atoms with van der Waals surface area (Å²) >= 11 is 0. The van der Waals surface area contributed by atoms with Crippen LogP contribution in [0.5, 0.6) is 0 Å². The molecular formula is C25H32O5. The van der Waals surface area contributed by atoms with Gasteiger partial charge in [-0.05, 0) is 56.6 Å². The van der Waals surface area contributed by atoms with Gasteiger partial charge in [-0.3, -0.25) is 14.4 Å². The average molecular weight is 413 g/mol. The first-order chi connectivity index (χ1) is 14.1. The Bertz CT molecular complexity index is 895. The SMILES string of the molecule is CCC(=O)O[C@]1(C(=O)CO)[C@@H](C)C[C@H]2[C@@H]3CCC4=CC(=O)C=C[C@]4(C)C3=CC[C@@]21C. The van der Waals surface area contributed by atoms with Gasteiger partial charge in [0.05, 0.1) is 0 Å². The van der Waals surface area contributed by atoms with Gasteiger partial charge in [0.15, 0.2) is 11.4 Å². The maximum atomic E-state index is 13.1. The summed E-state index contributed by atoms with van der Waals surface area (Å²) in [6, 6.07) is 0. The first-order valence-electron chi connectivity index (χ1n) is 11.1. The highest BCUT2D eigenvalue weighted by Gasteiger charge is 2.69. The van der Waals surface area contributed by atoms with E-state index in [0.29, 0.717) is 6.42 Å². The zero-order valence-electron chi connectivity index (χ0n) is 18.4. The molecule has 1 N–H and O–H groups in total. The molecule has 6 atom stereocenters. The molecule has 0 spiro atoms. The summed E-state index contributed by atoms with van der Waals surface area (Å²) in [5.74, 6) is -0.449. The number of hydrogen-bond donors (Lipinski definition) is 1. The molecule has 5 heteroatoms. The van der Waals surface area contributed by atoms with Gasteiger partial charge in [0.1, 0.15) is 6.61 Å². The number of carbonyl (C=O) groups excluding carboxylic acids is 3. The van der Waals surface area contributed by atoms with E-state index in [1.165, 1.54) is 11.1 Å². The van der Waals surface area contributed by atoms with Gasteiger partial charge in [0.2, 0.25) is 5.78 Å². The van der Waals surface area contributed by atoms with Crippen molar-refractivity contribution >= 4 is 17.5 Å². The van der Waals surface area contributed by atoms with Gasteiger partial charge in [0, 0.05) is 23.2 Å². The summed E-state index contributed by atoms with van der Waals surface area (Å²) in [4.78, 5) is 37.5. The van der Waals surface area contributed by atoms with Gasteiger partial charge in [0.25, 0.3) is 0 Å². The molecule has 2 fully saturated rings. The molecule has 0 aromatic carbocycles. The third kappa shape index (κ3) is 2.60. The molecule has 0 saturated heterocycles. The second-order valence-electron chi connectivity index (χ2n) is 9.92. The topological polar surface area (TPSA) is 80.7 Å². The lowest BCUT2D eigenvalue weighted by Gasteiger charge is -2.54. The van der Waals surface area contributed by atoms with Crippen molar-refractivity contribution in [3.63, 3.8) is 0 Å². The van der Waals surface area contributed by atoms with Crippen molar-refractivity contribution in [1.82, 2.24) is 0 Å². The van der Waals surface area contributed by atoms with Crippen molar-refractivity contribution < 1.29 is 24.2 Å². The Hall–Kier alpha value is -2.01. The number of carbonyl (C=O) groups is 3. The number of rotatable bonds is 4. The van der Waals surface area contributed by atoms with Gasteiger partial charge < -0.3 is 9.84 Å². The number of ketones is 2. The number of esters is 1. The predicted octanol–water partition coefficient (Wildman–Crippen LogP) is 3.71. The molecule has 0 amide bonds. The second kappa shape index (κ2) is 7.01. The average Bonchev–Trinajstić information content (AvgIpc) is 2.95. The number of hydrogen-bond acceptors (Lipinski definition) is 5. The van der Waals surface area contributed by atoms with Crippen LogP contribution in [0.1, 0.15) is 59.8 Å². The third-order valence-corrected chi connectivity index (χ3v) is 8.61. The molecule has 5 nitrogen and oxygen atoms in total. The minimum Gasteiger partial charge on any atom is -0.450 e. The quantitative estimate of drug-likeness (QED) is 0.562. The number of aliphatic hydroxyl groups is 1. The van der Waals surface area contributed by atoms with E-state index < -0.39 is 23.6 Å². The van der Waals surface area contributed by atoms with Crippen molar-refractivity contribution in [3.8, 4) is 0 Å². The summed E-state index contributed by atoms with van der Waals surface area (Å²) in [6.07, 6.45) is 11.1. The van der Waals surface area contributed by atoms with E-state index in [2.05, 4.69) is 19.9 Å². The maximum absolute atomic E-state index is 13.1. The third-order valence-electron chi connectivity index (χ3n) is 8.61. The molecule has 0 aromatic heterocycles. The van der Waals surface area contributed by atoms with Crippen molar-refractivity contribution in [2.45, 2.75) is 65.4 Å². The number of ether oxygens (including phenoxy) is 1. The summed E-state index contributed by atoms with van der Waals surface area (Å²) in [5.41, 5.74) is 0.386. The number of allylic oxidation sites excluding steroid dienone is 6. The molecule has 4 aliphatic rings. The summed E-state index contributed by atoms with van der Waals surface area (Å²) in [5, 5.41) is 9.82. The zero-order chi connectivity index (χ0) is 21.9. The molecule has 4 rings (SSSR count). The van der Waals surface area contributed by atoms with E-state index in [9.17, 15) is 19.5 Å². The Balaban J connectivity index is 1.81. The highest BCUT2D eigenvalue weighted by molar-refractivity contribution is 6.01. The number of fused-ring (bicyclic) bond motifs is 5. The van der Waals surface area contributed by atoms with Crippen LogP contribution in [-0.2, 0) is 19.1 Å². The van der Waals surface area contributed by atoms with E-state index in [-0.39, 0.29) is 41.2 Å². The van der Waals surface area contributed by atoms with Crippen molar-refractivity contribution in [2.24, 2.45) is 28.6 Å². The van der Waals surface area contributed by atoms with Crippen LogP contribution in [0.2, 0.25) is 0 Å². The Kier molecular flexibility index (Phi) is 4.96. The number of Topliss-reactive ketones (excluding diaryl/α,β-unsaturated/α-hetero) is 1. The molecule has 0 aliphatic heterocycles. The Morgan fingerprint density at radius 1 is 1.30 bits per heavy atom. The van der Waals surface area contributed by atoms with Gasteiger partial charge in [-0.25, -0.2) is 0 Å². The molecule has 2 saturated carbocycles. The Morgan fingerprint density at radius 2 is 2.03 bits per heavy atom. The van der Waals surface area contributed by atoms with E-state index in [4.69, 9.17) is 4.74 Å². The molecule has 30 heavy (non-hydrogen) atoms. The van der Waals surface area contributed by atoms with Crippen molar-refractivity contribution in [2.75, 3.05) is 6.61 Å². The van der Waals surface area contributed by atoms with Gasteiger partial charge in [-0.2, -0.15) is 0 Å². The van der Waals surface area contributed by atoms with Gasteiger partial charge in [-0.1, -0.05) is 44.1 Å². The standard InChI is InChI=1S/C25H32O5/c1-5-22(29)30-25(21(28)14-26)15(2)12-20-18-7-6-16-13-17(27)8-10-23(16,3)19(18)9-11-24(20,25)4/h8-10,13,15,18,20,26H,5-7,11-12,14H2,1-4H3/t15-,18+,20-,23-,24-,25-/m0/s1. The predicted molar refractivity (Wildman–Crippen MR) is 112 cm³/mol. The molecule has 0 bridgehead atoms. The monoisotopic (exact) mass is 412 g/mol. The maximum Gasteiger partial charge on any atom is 0.306 e. The molecule has 0 heterocycles. The minimum absolute atomic E-state index is 0.0516. The van der Waals surface area contributed by atoms with Crippen LogP contribution in [0, 0.1) is 28.6 Å². The van der Waals surface area contributed by atoms with Gasteiger partial charge in [-0.15, -0.1) is 0 Å². The first kappa shape index (κ1) is 21.2. The highest BCUT2D eigenvalue weighted by Crippen LogP contribution is 2.67. The van der Waals surface area contributed by atoms with Crippen LogP contribution in [0.15, 0.2) is 35.5 Å². The van der Waals surface area contributed by atoms with Crippen LogP contribution >= 0.6 is 0 Å². The van der Waals surface area contributed by atoms with Crippen LogP contribution in [0.3, 0.4) is 0 Å². The van der Waals surface area contributed by atoms with Crippen molar-refractivity contribution in [3.05, 3.63) is 35.5 Å². The lowest BCUT2D eigenvalue weighted by molar-refractivity contribution is -0.190. The fourth-order valence-corrected chi connectivity index (χ4v) is 7.09. The number of aliphatic hydroxyl groups excluding tert-OH is 1. The Labute approximate surface area is 178 Å². The molecular weight excluding hydrogens is 380 g/mol. The van der Waals surface area contributed by atoms with E-state index >= 15 is 0 Å². The largest absolute Gasteiger partial charge is 0.450 e. The fourth-order valence-electron chi connectivity index (χ4n) is 7.09. The molecule has 4 aliphatic carbocycles. The molecule has 0 unspecified atom stereocenters. The summed E-state index contributed by atoms with van der Waals surface area (Å²) in [6.45, 7) is 7.34. The smallest absolute Gasteiger partial charge is 0.306 e. The highest BCUT2D eigenvalue weighted by atomic mass is 16.6. The zero-order valence-corrected chi connectivity index (χ0v) is 18.4. The van der Waals surface area contributed by atoms with Crippen molar-refractivity contribution in [1.29, 1.82) is 0 Å². The van der Waals surface area contributed by atoms with Crippen LogP contribution in [-0.4, -0.2) is 34.9 Å². The van der Waals surface area contributed by atoms with Crippen LogP contribution < -0.4 is 0 Å². The molecule has 0 aromatic rings. The van der Waals surface area contributed by atoms with E-state index in [0.717, 1.165) is 19.3 Å².